The SMILES string of the molecule is Cc1cc(N/N=C\c2c[nH]c3c(C(=O)O)cccc23)nc2ccccc12. The molecule has 4 rings (SSSR count). The van der Waals surface area contributed by atoms with Gasteiger partial charge in [0.15, 0.2) is 0 Å². The average molecular weight is 344 g/mol. The van der Waals surface area contributed by atoms with Crippen LogP contribution in [0.1, 0.15) is 21.5 Å². The van der Waals surface area contributed by atoms with Crippen molar-refractivity contribution >= 4 is 39.8 Å². The summed E-state index contributed by atoms with van der Waals surface area (Å²) in [7, 11) is 0. The highest BCUT2D eigenvalue weighted by molar-refractivity contribution is 6.07. The molecule has 0 saturated carbocycles. The molecule has 4 aromatic rings. The number of hydrogen-bond acceptors (Lipinski definition) is 4. The summed E-state index contributed by atoms with van der Waals surface area (Å²) in [6.07, 6.45) is 3.39. The largest absolute Gasteiger partial charge is 0.478 e. The molecular formula is C20H16N4O2. The minimum absolute atomic E-state index is 0.238. The van der Waals surface area contributed by atoms with Crippen LogP contribution >= 0.6 is 0 Å². The summed E-state index contributed by atoms with van der Waals surface area (Å²) < 4.78 is 0. The highest BCUT2D eigenvalue weighted by Gasteiger charge is 2.11. The van der Waals surface area contributed by atoms with E-state index in [1.807, 2.05) is 43.3 Å². The maximum Gasteiger partial charge on any atom is 0.337 e. The Balaban J connectivity index is 1.62. The minimum atomic E-state index is -0.963. The van der Waals surface area contributed by atoms with Crippen LogP contribution in [0, 0.1) is 6.92 Å². The van der Waals surface area contributed by atoms with Crippen molar-refractivity contribution in [3.63, 3.8) is 0 Å². The van der Waals surface area contributed by atoms with Crippen LogP contribution in [-0.4, -0.2) is 27.3 Å². The average Bonchev–Trinajstić information content (AvgIpc) is 3.05. The van der Waals surface area contributed by atoms with Crippen molar-refractivity contribution in [1.82, 2.24) is 9.97 Å². The fourth-order valence-electron chi connectivity index (χ4n) is 3.04. The number of benzene rings is 2. The van der Waals surface area contributed by atoms with Crippen molar-refractivity contribution in [2.24, 2.45) is 5.10 Å². The number of carboxylic acid groups (broad SMARTS) is 1. The maximum absolute atomic E-state index is 11.3. The second-order valence-electron chi connectivity index (χ2n) is 5.99. The van der Waals surface area contributed by atoms with E-state index in [0.717, 1.165) is 27.4 Å². The topological polar surface area (TPSA) is 90.4 Å². The van der Waals surface area contributed by atoms with Gasteiger partial charge in [0.1, 0.15) is 5.82 Å². The molecule has 2 heterocycles. The van der Waals surface area contributed by atoms with Crippen LogP contribution in [0.15, 0.2) is 59.8 Å². The van der Waals surface area contributed by atoms with Gasteiger partial charge in [-0.2, -0.15) is 5.10 Å². The Labute approximate surface area is 149 Å². The number of fused-ring (bicyclic) bond motifs is 2. The highest BCUT2D eigenvalue weighted by Crippen LogP contribution is 2.22. The number of aryl methyl sites for hydroxylation is 1. The molecule has 0 aliphatic heterocycles. The molecule has 26 heavy (non-hydrogen) atoms. The highest BCUT2D eigenvalue weighted by atomic mass is 16.4. The fraction of sp³-hybridized carbons (Fsp3) is 0.0500. The third-order valence-electron chi connectivity index (χ3n) is 4.28. The van der Waals surface area contributed by atoms with Crippen LogP contribution in [0.5, 0.6) is 0 Å². The summed E-state index contributed by atoms with van der Waals surface area (Å²) in [5.74, 6) is -0.307. The van der Waals surface area contributed by atoms with Crippen molar-refractivity contribution in [3.8, 4) is 0 Å². The van der Waals surface area contributed by atoms with Crippen molar-refractivity contribution in [2.45, 2.75) is 6.92 Å². The number of hydrogen-bond donors (Lipinski definition) is 3. The molecule has 0 radical (unpaired) electrons. The molecule has 0 saturated heterocycles. The van der Waals surface area contributed by atoms with Crippen LogP contribution in [-0.2, 0) is 0 Å². The van der Waals surface area contributed by atoms with Crippen molar-refractivity contribution in [3.05, 3.63) is 71.4 Å². The second-order valence-corrected chi connectivity index (χ2v) is 5.99. The lowest BCUT2D eigenvalue weighted by atomic mass is 10.1. The molecule has 0 amide bonds. The molecule has 0 atom stereocenters. The zero-order valence-corrected chi connectivity index (χ0v) is 14.0. The first-order valence-corrected chi connectivity index (χ1v) is 8.12. The van der Waals surface area contributed by atoms with E-state index >= 15 is 0 Å². The number of rotatable bonds is 4. The molecule has 2 aromatic carbocycles. The normalized spacial score (nSPS) is 11.4. The number of H-pyrrole nitrogens is 1. The first-order chi connectivity index (χ1) is 12.6. The minimum Gasteiger partial charge on any atom is -0.478 e. The van der Waals surface area contributed by atoms with Gasteiger partial charge in [0.25, 0.3) is 0 Å². The number of aromatic nitrogens is 2. The quantitative estimate of drug-likeness (QED) is 0.383. The second kappa shape index (κ2) is 6.33. The number of anilines is 1. The Morgan fingerprint density at radius 3 is 2.85 bits per heavy atom. The summed E-state index contributed by atoms with van der Waals surface area (Å²) in [6.45, 7) is 2.03. The van der Waals surface area contributed by atoms with E-state index in [-0.39, 0.29) is 5.56 Å². The Hall–Kier alpha value is -3.67. The summed E-state index contributed by atoms with van der Waals surface area (Å²) in [5.41, 5.74) is 6.59. The van der Waals surface area contributed by atoms with Crippen molar-refractivity contribution in [1.29, 1.82) is 0 Å². The standard InChI is InChI=1S/C20H16N4O2/c1-12-9-18(23-17-8-3-2-5-14(12)17)24-22-11-13-10-21-19-15(13)6-4-7-16(19)20(25)26/h2-11,21H,1H3,(H,23,24)(H,25,26)/b22-11-. The number of aromatic amines is 1. The van der Waals surface area contributed by atoms with Crippen LogP contribution in [0.3, 0.4) is 0 Å². The Bertz CT molecular complexity index is 1160. The summed E-state index contributed by atoms with van der Waals surface area (Å²) in [5, 5.41) is 15.4. The van der Waals surface area contributed by atoms with Crippen molar-refractivity contribution < 1.29 is 9.90 Å². The number of carbonyl (C=O) groups is 1. The number of carboxylic acids is 1. The van der Waals surface area contributed by atoms with Gasteiger partial charge in [0.2, 0.25) is 0 Å². The molecule has 0 unspecified atom stereocenters. The van der Waals surface area contributed by atoms with Crippen LogP contribution in [0.25, 0.3) is 21.8 Å². The van der Waals surface area contributed by atoms with E-state index in [1.165, 1.54) is 0 Å². The van der Waals surface area contributed by atoms with Crippen LogP contribution in [0.4, 0.5) is 5.82 Å². The Morgan fingerprint density at radius 1 is 1.19 bits per heavy atom. The molecule has 0 aliphatic rings. The summed E-state index contributed by atoms with van der Waals surface area (Å²) in [4.78, 5) is 18.8. The van der Waals surface area contributed by atoms with Gasteiger partial charge in [-0.15, -0.1) is 0 Å². The molecule has 128 valence electrons. The van der Waals surface area contributed by atoms with E-state index in [9.17, 15) is 9.90 Å². The van der Waals surface area contributed by atoms with Crippen molar-refractivity contribution in [2.75, 3.05) is 5.43 Å². The fourth-order valence-corrected chi connectivity index (χ4v) is 3.04. The lowest BCUT2D eigenvalue weighted by Crippen LogP contribution is -1.97. The predicted octanol–water partition coefficient (Wildman–Crippen LogP) is 4.17. The van der Waals surface area contributed by atoms with Gasteiger partial charge in [-0.3, -0.25) is 5.43 Å². The first kappa shape index (κ1) is 15.8. The van der Waals surface area contributed by atoms with Crippen LogP contribution in [0.2, 0.25) is 0 Å². The van der Waals surface area contributed by atoms with Gasteiger partial charge in [0, 0.05) is 22.5 Å². The zero-order chi connectivity index (χ0) is 18.1. The third-order valence-corrected chi connectivity index (χ3v) is 4.28. The molecule has 6 nitrogen and oxygen atoms in total. The molecule has 0 fully saturated rings. The maximum atomic E-state index is 11.3. The summed E-state index contributed by atoms with van der Waals surface area (Å²) in [6, 6.07) is 15.0. The number of nitrogens with one attached hydrogen (secondary N) is 2. The van der Waals surface area contributed by atoms with E-state index in [2.05, 4.69) is 20.5 Å². The van der Waals surface area contributed by atoms with E-state index < -0.39 is 5.97 Å². The van der Waals surface area contributed by atoms with Gasteiger partial charge in [0.05, 0.1) is 22.8 Å². The molecule has 0 aliphatic carbocycles. The number of aromatic carboxylic acids is 1. The molecular weight excluding hydrogens is 328 g/mol. The molecule has 2 aromatic heterocycles. The molecule has 6 heteroatoms. The van der Waals surface area contributed by atoms with E-state index in [1.54, 1.807) is 24.5 Å². The molecule has 0 bridgehead atoms. The van der Waals surface area contributed by atoms with E-state index in [0.29, 0.717) is 11.3 Å². The first-order valence-electron chi connectivity index (χ1n) is 8.12. The number of nitrogens with zero attached hydrogens (tertiary/aromatic N) is 2. The van der Waals surface area contributed by atoms with Gasteiger partial charge >= 0.3 is 5.97 Å². The Morgan fingerprint density at radius 2 is 2.00 bits per heavy atom. The zero-order valence-electron chi connectivity index (χ0n) is 14.0. The van der Waals surface area contributed by atoms with Gasteiger partial charge < -0.3 is 10.1 Å². The smallest absolute Gasteiger partial charge is 0.337 e. The Kier molecular flexibility index (Phi) is 3.85. The van der Waals surface area contributed by atoms with Gasteiger partial charge in [-0.1, -0.05) is 30.3 Å². The third kappa shape index (κ3) is 2.77. The molecule has 3 N–H and O–H groups in total. The number of para-hydroxylation sites is 2. The lowest BCUT2D eigenvalue weighted by Gasteiger charge is -2.05. The van der Waals surface area contributed by atoms with E-state index in [4.69, 9.17) is 0 Å². The number of hydrazone groups is 1. The monoisotopic (exact) mass is 344 g/mol. The number of pyridine rings is 1. The predicted molar refractivity (Wildman–Crippen MR) is 103 cm³/mol. The summed E-state index contributed by atoms with van der Waals surface area (Å²) >= 11 is 0. The van der Waals surface area contributed by atoms with Crippen LogP contribution < -0.4 is 5.43 Å². The molecule has 0 spiro atoms. The lowest BCUT2D eigenvalue weighted by molar-refractivity contribution is 0.0699. The van der Waals surface area contributed by atoms with Gasteiger partial charge in [-0.25, -0.2) is 9.78 Å². The van der Waals surface area contributed by atoms with Gasteiger partial charge in [-0.05, 0) is 30.7 Å².